The maximum absolute atomic E-state index is 13.2. The summed E-state index contributed by atoms with van der Waals surface area (Å²) in [5.41, 5.74) is 0.432. The van der Waals surface area contributed by atoms with Gasteiger partial charge in [-0.2, -0.15) is 0 Å². The summed E-state index contributed by atoms with van der Waals surface area (Å²) in [5, 5.41) is 12.4. The zero-order valence-corrected chi connectivity index (χ0v) is 11.8. The lowest BCUT2D eigenvalue weighted by Crippen LogP contribution is -2.43. The lowest BCUT2D eigenvalue weighted by molar-refractivity contribution is -0.131. The van der Waals surface area contributed by atoms with Crippen LogP contribution in [0.4, 0.5) is 8.78 Å². The Morgan fingerprint density at radius 1 is 1.38 bits per heavy atom. The van der Waals surface area contributed by atoms with Crippen LogP contribution in [0.25, 0.3) is 0 Å². The first kappa shape index (κ1) is 15.9. The number of nitrogens with zero attached hydrogens (tertiary/aromatic N) is 1. The van der Waals surface area contributed by atoms with Gasteiger partial charge in [0.25, 0.3) is 0 Å². The number of amides is 1. The Bertz CT molecular complexity index is 491. The first-order valence-electron chi connectivity index (χ1n) is 7.16. The lowest BCUT2D eigenvalue weighted by atomic mass is 10.1. The maximum Gasteiger partial charge on any atom is 0.227 e. The van der Waals surface area contributed by atoms with Crippen LogP contribution in [0.15, 0.2) is 18.2 Å². The number of rotatable bonds is 6. The van der Waals surface area contributed by atoms with Crippen molar-refractivity contribution in [1.82, 2.24) is 10.2 Å². The summed E-state index contributed by atoms with van der Waals surface area (Å²) in [6.07, 6.45) is 2.08. The fraction of sp³-hybridized carbons (Fsp3) is 0.533. The molecule has 0 radical (unpaired) electrons. The number of hydrogen-bond donors (Lipinski definition) is 2. The standard InChI is InChI=1S/C15H20F2N2O2/c16-13-4-3-11(8-14(13)17)9-15(21)19(6-7-20)10-12-2-1-5-18-12/h3-4,8,12,18,20H,1-2,5-7,9-10H2. The minimum atomic E-state index is -0.952. The SMILES string of the molecule is O=C(Cc1ccc(F)c(F)c1)N(CCO)CC1CCCN1. The number of hydrogen-bond acceptors (Lipinski definition) is 3. The lowest BCUT2D eigenvalue weighted by Gasteiger charge is -2.25. The normalized spacial score (nSPS) is 18.0. The molecule has 1 aromatic carbocycles. The molecule has 0 aliphatic carbocycles. The molecule has 2 rings (SSSR count). The number of nitrogens with one attached hydrogen (secondary N) is 1. The summed E-state index contributed by atoms with van der Waals surface area (Å²) >= 11 is 0. The van der Waals surface area contributed by atoms with E-state index in [0.29, 0.717) is 12.1 Å². The quantitative estimate of drug-likeness (QED) is 0.826. The van der Waals surface area contributed by atoms with Gasteiger partial charge in [0.1, 0.15) is 0 Å². The van der Waals surface area contributed by atoms with Crippen molar-refractivity contribution < 1.29 is 18.7 Å². The molecule has 1 heterocycles. The molecule has 0 saturated carbocycles. The van der Waals surface area contributed by atoms with E-state index >= 15 is 0 Å². The van der Waals surface area contributed by atoms with Gasteiger partial charge < -0.3 is 15.3 Å². The number of halogens is 2. The number of aliphatic hydroxyl groups excluding tert-OH is 1. The van der Waals surface area contributed by atoms with Crippen LogP contribution in [0.3, 0.4) is 0 Å². The van der Waals surface area contributed by atoms with Gasteiger partial charge in [0.05, 0.1) is 13.0 Å². The van der Waals surface area contributed by atoms with E-state index in [1.54, 1.807) is 4.90 Å². The van der Waals surface area contributed by atoms with Gasteiger partial charge in [0.2, 0.25) is 5.91 Å². The molecule has 116 valence electrons. The van der Waals surface area contributed by atoms with E-state index in [-0.39, 0.29) is 31.5 Å². The molecular formula is C15H20F2N2O2. The van der Waals surface area contributed by atoms with Gasteiger partial charge in [-0.1, -0.05) is 6.07 Å². The van der Waals surface area contributed by atoms with Crippen LogP contribution in [-0.2, 0) is 11.2 Å². The van der Waals surface area contributed by atoms with Crippen LogP contribution in [-0.4, -0.2) is 48.2 Å². The summed E-state index contributed by atoms with van der Waals surface area (Å²) in [6.45, 7) is 1.61. The van der Waals surface area contributed by atoms with E-state index < -0.39 is 11.6 Å². The average molecular weight is 298 g/mol. The second-order valence-electron chi connectivity index (χ2n) is 5.28. The molecule has 0 spiro atoms. The fourth-order valence-electron chi connectivity index (χ4n) is 2.55. The molecule has 6 heteroatoms. The molecule has 1 atom stereocenters. The highest BCUT2D eigenvalue weighted by atomic mass is 19.2. The molecule has 1 unspecified atom stereocenters. The van der Waals surface area contributed by atoms with Gasteiger partial charge in [-0.25, -0.2) is 8.78 Å². The van der Waals surface area contributed by atoms with Crippen LogP contribution in [0, 0.1) is 11.6 Å². The van der Waals surface area contributed by atoms with E-state index in [1.807, 2.05) is 0 Å². The molecular weight excluding hydrogens is 278 g/mol. The zero-order chi connectivity index (χ0) is 15.2. The zero-order valence-electron chi connectivity index (χ0n) is 11.8. The van der Waals surface area contributed by atoms with Crippen molar-refractivity contribution in [1.29, 1.82) is 0 Å². The Hall–Kier alpha value is -1.53. The molecule has 0 aromatic heterocycles. The second kappa shape index (κ2) is 7.47. The highest BCUT2D eigenvalue weighted by Gasteiger charge is 2.21. The molecule has 1 aliphatic rings. The van der Waals surface area contributed by atoms with Gasteiger partial charge in [0, 0.05) is 19.1 Å². The van der Waals surface area contributed by atoms with Gasteiger partial charge in [0.15, 0.2) is 11.6 Å². The highest BCUT2D eigenvalue weighted by molar-refractivity contribution is 5.78. The predicted octanol–water partition coefficient (Wildman–Crippen LogP) is 1.08. The summed E-state index contributed by atoms with van der Waals surface area (Å²) in [4.78, 5) is 13.8. The largest absolute Gasteiger partial charge is 0.395 e. The molecule has 21 heavy (non-hydrogen) atoms. The Balaban J connectivity index is 1.98. The summed E-state index contributed by atoms with van der Waals surface area (Å²) in [5.74, 6) is -2.07. The van der Waals surface area contributed by atoms with E-state index in [2.05, 4.69) is 5.32 Å². The number of carbonyl (C=O) groups excluding carboxylic acids is 1. The molecule has 1 aliphatic heterocycles. The van der Waals surface area contributed by atoms with Crippen LogP contribution >= 0.6 is 0 Å². The molecule has 4 nitrogen and oxygen atoms in total. The fourth-order valence-corrected chi connectivity index (χ4v) is 2.55. The highest BCUT2D eigenvalue weighted by Crippen LogP contribution is 2.12. The second-order valence-corrected chi connectivity index (χ2v) is 5.28. The van der Waals surface area contributed by atoms with E-state index in [1.165, 1.54) is 6.07 Å². The molecule has 2 N–H and O–H groups in total. The minimum absolute atomic E-state index is 0.00389. The first-order valence-corrected chi connectivity index (χ1v) is 7.16. The van der Waals surface area contributed by atoms with Crippen molar-refractivity contribution in [2.24, 2.45) is 0 Å². The molecule has 1 aromatic rings. The third-order valence-electron chi connectivity index (χ3n) is 3.67. The third-order valence-corrected chi connectivity index (χ3v) is 3.67. The Labute approximate surface area is 122 Å². The first-order chi connectivity index (χ1) is 10.1. The summed E-state index contributed by atoms with van der Waals surface area (Å²) < 4.78 is 26.0. The van der Waals surface area contributed by atoms with E-state index in [9.17, 15) is 13.6 Å². The van der Waals surface area contributed by atoms with Crippen molar-refractivity contribution in [3.63, 3.8) is 0 Å². The van der Waals surface area contributed by atoms with Crippen molar-refractivity contribution in [3.8, 4) is 0 Å². The number of carbonyl (C=O) groups is 1. The van der Waals surface area contributed by atoms with Gasteiger partial charge >= 0.3 is 0 Å². The van der Waals surface area contributed by atoms with Gasteiger partial charge in [-0.15, -0.1) is 0 Å². The Morgan fingerprint density at radius 3 is 2.81 bits per heavy atom. The van der Waals surface area contributed by atoms with E-state index in [0.717, 1.165) is 31.5 Å². The van der Waals surface area contributed by atoms with Crippen LogP contribution in [0.1, 0.15) is 18.4 Å². The van der Waals surface area contributed by atoms with Crippen LogP contribution < -0.4 is 5.32 Å². The summed E-state index contributed by atoms with van der Waals surface area (Å²) in [6, 6.07) is 3.71. The van der Waals surface area contributed by atoms with Crippen molar-refractivity contribution in [2.45, 2.75) is 25.3 Å². The third kappa shape index (κ3) is 4.47. The van der Waals surface area contributed by atoms with Crippen LogP contribution in [0.2, 0.25) is 0 Å². The van der Waals surface area contributed by atoms with Crippen LogP contribution in [0.5, 0.6) is 0 Å². The van der Waals surface area contributed by atoms with Gasteiger partial charge in [-0.3, -0.25) is 4.79 Å². The Kier molecular flexibility index (Phi) is 5.64. The summed E-state index contributed by atoms with van der Waals surface area (Å²) in [7, 11) is 0. The van der Waals surface area contributed by atoms with Crippen molar-refractivity contribution in [2.75, 3.05) is 26.2 Å². The average Bonchev–Trinajstić information content (AvgIpc) is 2.95. The Morgan fingerprint density at radius 2 is 2.19 bits per heavy atom. The smallest absolute Gasteiger partial charge is 0.227 e. The van der Waals surface area contributed by atoms with Gasteiger partial charge in [-0.05, 0) is 37.1 Å². The van der Waals surface area contributed by atoms with Crippen molar-refractivity contribution in [3.05, 3.63) is 35.4 Å². The molecule has 1 amide bonds. The topological polar surface area (TPSA) is 52.6 Å². The minimum Gasteiger partial charge on any atom is -0.395 e. The number of aliphatic hydroxyl groups is 1. The molecule has 0 bridgehead atoms. The van der Waals surface area contributed by atoms with E-state index in [4.69, 9.17) is 5.11 Å². The van der Waals surface area contributed by atoms with Crippen molar-refractivity contribution >= 4 is 5.91 Å². The number of benzene rings is 1. The molecule has 1 fully saturated rings. The maximum atomic E-state index is 13.2. The predicted molar refractivity (Wildman–Crippen MR) is 74.8 cm³/mol. The monoisotopic (exact) mass is 298 g/mol. The molecule has 1 saturated heterocycles.